The first-order valence-corrected chi connectivity index (χ1v) is 7.85. The van der Waals surface area contributed by atoms with Crippen molar-refractivity contribution in [2.75, 3.05) is 24.5 Å². The minimum absolute atomic E-state index is 0.0433. The molecule has 0 saturated carbocycles. The van der Waals surface area contributed by atoms with Crippen LogP contribution in [-0.4, -0.2) is 25.5 Å². The van der Waals surface area contributed by atoms with Crippen LogP contribution in [0.15, 0.2) is 12.1 Å². The summed E-state index contributed by atoms with van der Waals surface area (Å²) in [5.74, 6) is 0.149. The van der Waals surface area contributed by atoms with Crippen molar-refractivity contribution in [3.63, 3.8) is 0 Å². The number of hydrogen-bond donors (Lipinski definition) is 1. The largest absolute Gasteiger partial charge is 0.317 e. The van der Waals surface area contributed by atoms with Crippen LogP contribution in [0.2, 0.25) is 15.1 Å². The molecule has 0 bridgehead atoms. The molecule has 1 aromatic rings. The van der Waals surface area contributed by atoms with Gasteiger partial charge in [0, 0.05) is 12.5 Å². The van der Waals surface area contributed by atoms with Crippen LogP contribution in [0.25, 0.3) is 0 Å². The first-order chi connectivity index (χ1) is 9.56. The molecule has 1 aromatic carbocycles. The molecular formula is C14H17Cl3N2O. The van der Waals surface area contributed by atoms with E-state index in [1.807, 2.05) is 6.92 Å². The molecule has 0 aromatic heterocycles. The Kier molecular flexibility index (Phi) is 5.56. The van der Waals surface area contributed by atoms with Crippen LogP contribution < -0.4 is 10.2 Å². The molecule has 0 atom stereocenters. The summed E-state index contributed by atoms with van der Waals surface area (Å²) in [5, 5.41) is 4.28. The number of hydrogen-bond acceptors (Lipinski definition) is 2. The number of nitrogens with zero attached hydrogens (tertiary/aromatic N) is 1. The Morgan fingerprint density at radius 2 is 1.90 bits per heavy atom. The standard InChI is InChI=1S/C14H17Cl3N2O/c1-2-19(14(20)9-5-7-18-8-6-9)11-4-3-10(15)12(16)13(11)17/h3-4,9,18H,2,5-8H2,1H3. The van der Waals surface area contributed by atoms with Crippen molar-refractivity contribution in [2.45, 2.75) is 19.8 Å². The van der Waals surface area contributed by atoms with Gasteiger partial charge in [-0.15, -0.1) is 0 Å². The summed E-state index contributed by atoms with van der Waals surface area (Å²) in [4.78, 5) is 14.3. The van der Waals surface area contributed by atoms with E-state index in [0.717, 1.165) is 25.9 Å². The number of rotatable bonds is 3. The quantitative estimate of drug-likeness (QED) is 0.847. The summed E-state index contributed by atoms with van der Waals surface area (Å²) in [6, 6.07) is 3.42. The number of halogens is 3. The van der Waals surface area contributed by atoms with E-state index in [1.165, 1.54) is 0 Å². The van der Waals surface area contributed by atoms with Crippen molar-refractivity contribution < 1.29 is 4.79 Å². The summed E-state index contributed by atoms with van der Waals surface area (Å²) in [5.41, 5.74) is 0.632. The van der Waals surface area contributed by atoms with E-state index in [2.05, 4.69) is 5.32 Å². The minimum Gasteiger partial charge on any atom is -0.317 e. The lowest BCUT2D eigenvalue weighted by molar-refractivity contribution is -0.123. The van der Waals surface area contributed by atoms with E-state index in [9.17, 15) is 4.79 Å². The van der Waals surface area contributed by atoms with E-state index < -0.39 is 0 Å². The fourth-order valence-electron chi connectivity index (χ4n) is 2.46. The van der Waals surface area contributed by atoms with E-state index >= 15 is 0 Å². The SMILES string of the molecule is CCN(C(=O)C1CCNCC1)c1ccc(Cl)c(Cl)c1Cl. The Hall–Kier alpha value is -0.480. The first kappa shape index (κ1) is 15.9. The Balaban J connectivity index is 2.27. The third-order valence-electron chi connectivity index (χ3n) is 3.58. The lowest BCUT2D eigenvalue weighted by atomic mass is 9.96. The molecule has 1 fully saturated rings. The topological polar surface area (TPSA) is 32.3 Å². The number of carbonyl (C=O) groups excluding carboxylic acids is 1. The summed E-state index contributed by atoms with van der Waals surface area (Å²) in [6.07, 6.45) is 1.71. The maximum Gasteiger partial charge on any atom is 0.230 e. The molecular weight excluding hydrogens is 319 g/mol. The Labute approximate surface area is 134 Å². The zero-order chi connectivity index (χ0) is 14.7. The summed E-state index contributed by atoms with van der Waals surface area (Å²) in [6.45, 7) is 4.24. The van der Waals surface area contributed by atoms with E-state index in [4.69, 9.17) is 34.8 Å². The summed E-state index contributed by atoms with van der Waals surface area (Å²) < 4.78 is 0. The van der Waals surface area contributed by atoms with Gasteiger partial charge in [-0.3, -0.25) is 4.79 Å². The van der Waals surface area contributed by atoms with Gasteiger partial charge in [-0.1, -0.05) is 34.8 Å². The third kappa shape index (κ3) is 3.22. The second-order valence-corrected chi connectivity index (χ2v) is 5.96. The second kappa shape index (κ2) is 6.99. The number of carbonyl (C=O) groups is 1. The first-order valence-electron chi connectivity index (χ1n) is 6.71. The van der Waals surface area contributed by atoms with Crippen molar-refractivity contribution in [1.29, 1.82) is 0 Å². The monoisotopic (exact) mass is 334 g/mol. The number of nitrogens with one attached hydrogen (secondary N) is 1. The van der Waals surface area contributed by atoms with Crippen LogP contribution in [0, 0.1) is 5.92 Å². The van der Waals surface area contributed by atoms with Gasteiger partial charge in [0.15, 0.2) is 0 Å². The van der Waals surface area contributed by atoms with E-state index in [-0.39, 0.29) is 11.8 Å². The van der Waals surface area contributed by atoms with Crippen LogP contribution in [0.5, 0.6) is 0 Å². The Morgan fingerprint density at radius 3 is 2.50 bits per heavy atom. The van der Waals surface area contributed by atoms with Crippen LogP contribution in [0.4, 0.5) is 5.69 Å². The molecule has 0 radical (unpaired) electrons. The summed E-state index contributed by atoms with van der Waals surface area (Å²) in [7, 11) is 0. The number of anilines is 1. The average Bonchev–Trinajstić information content (AvgIpc) is 2.48. The molecule has 0 aliphatic carbocycles. The molecule has 0 unspecified atom stereocenters. The predicted octanol–water partition coefficient (Wildman–Crippen LogP) is 4.00. The number of benzene rings is 1. The molecule has 1 heterocycles. The fraction of sp³-hybridized carbons (Fsp3) is 0.500. The van der Waals surface area contributed by atoms with Gasteiger partial charge < -0.3 is 10.2 Å². The maximum absolute atomic E-state index is 12.6. The average molecular weight is 336 g/mol. The van der Waals surface area contributed by atoms with E-state index in [1.54, 1.807) is 17.0 Å². The molecule has 110 valence electrons. The van der Waals surface area contributed by atoms with Crippen molar-refractivity contribution in [3.05, 3.63) is 27.2 Å². The van der Waals surface area contributed by atoms with Gasteiger partial charge >= 0.3 is 0 Å². The van der Waals surface area contributed by atoms with E-state index in [0.29, 0.717) is 27.3 Å². The van der Waals surface area contributed by atoms with Gasteiger partial charge in [0.25, 0.3) is 0 Å². The van der Waals surface area contributed by atoms with Crippen LogP contribution in [0.1, 0.15) is 19.8 Å². The molecule has 1 aliphatic heterocycles. The zero-order valence-corrected chi connectivity index (χ0v) is 13.5. The van der Waals surface area contributed by atoms with Gasteiger partial charge in [-0.25, -0.2) is 0 Å². The van der Waals surface area contributed by atoms with Crippen LogP contribution >= 0.6 is 34.8 Å². The molecule has 1 amide bonds. The second-order valence-electron chi connectivity index (χ2n) is 4.80. The van der Waals surface area contributed by atoms with Gasteiger partial charge in [-0.2, -0.15) is 0 Å². The van der Waals surface area contributed by atoms with Crippen LogP contribution in [0.3, 0.4) is 0 Å². The van der Waals surface area contributed by atoms with Gasteiger partial charge in [0.1, 0.15) is 0 Å². The van der Waals surface area contributed by atoms with Crippen molar-refractivity contribution in [1.82, 2.24) is 5.32 Å². The van der Waals surface area contributed by atoms with Crippen molar-refractivity contribution >= 4 is 46.4 Å². The fourth-order valence-corrected chi connectivity index (χ4v) is 3.09. The number of amides is 1. The lowest BCUT2D eigenvalue weighted by Crippen LogP contribution is -2.41. The highest BCUT2D eigenvalue weighted by atomic mass is 35.5. The molecule has 1 N–H and O–H groups in total. The Bertz CT molecular complexity index is 501. The molecule has 20 heavy (non-hydrogen) atoms. The molecule has 1 aliphatic rings. The van der Waals surface area contributed by atoms with Gasteiger partial charge in [0.05, 0.1) is 20.8 Å². The molecule has 6 heteroatoms. The van der Waals surface area contributed by atoms with Gasteiger partial charge in [-0.05, 0) is 45.0 Å². The van der Waals surface area contributed by atoms with Crippen molar-refractivity contribution in [2.24, 2.45) is 5.92 Å². The highest BCUT2D eigenvalue weighted by molar-refractivity contribution is 6.49. The van der Waals surface area contributed by atoms with Crippen LogP contribution in [-0.2, 0) is 4.79 Å². The van der Waals surface area contributed by atoms with Crippen molar-refractivity contribution in [3.8, 4) is 0 Å². The smallest absolute Gasteiger partial charge is 0.230 e. The molecule has 3 nitrogen and oxygen atoms in total. The maximum atomic E-state index is 12.6. The highest BCUT2D eigenvalue weighted by Gasteiger charge is 2.27. The zero-order valence-electron chi connectivity index (χ0n) is 11.3. The predicted molar refractivity (Wildman–Crippen MR) is 85.1 cm³/mol. The summed E-state index contributed by atoms with van der Waals surface area (Å²) >= 11 is 18.2. The molecule has 0 spiro atoms. The highest BCUT2D eigenvalue weighted by Crippen LogP contribution is 2.38. The normalized spacial score (nSPS) is 16.2. The molecule has 1 saturated heterocycles. The van der Waals surface area contributed by atoms with Gasteiger partial charge in [0.2, 0.25) is 5.91 Å². The Morgan fingerprint density at radius 1 is 1.25 bits per heavy atom. The minimum atomic E-state index is 0.0433. The lowest BCUT2D eigenvalue weighted by Gasteiger charge is -2.29. The third-order valence-corrected chi connectivity index (χ3v) is 4.86. The number of piperidine rings is 1. The molecule has 2 rings (SSSR count).